The van der Waals surface area contributed by atoms with Gasteiger partial charge in [-0.2, -0.15) is 0 Å². The van der Waals surface area contributed by atoms with Gasteiger partial charge in [0.2, 0.25) is 5.78 Å². The summed E-state index contributed by atoms with van der Waals surface area (Å²) in [5, 5.41) is 5.01. The number of piperidine rings is 1. The predicted molar refractivity (Wildman–Crippen MR) is 100 cm³/mol. The molecule has 0 radical (unpaired) electrons. The van der Waals surface area contributed by atoms with Gasteiger partial charge in [-0.1, -0.05) is 30.3 Å². The molecule has 2 aromatic rings. The molecule has 28 heavy (non-hydrogen) atoms. The van der Waals surface area contributed by atoms with E-state index < -0.39 is 29.7 Å². The van der Waals surface area contributed by atoms with Gasteiger partial charge >= 0.3 is 6.09 Å². The number of alkyl carbamates (subject to hydrolysis) is 1. The molecule has 1 aliphatic rings. The van der Waals surface area contributed by atoms with Gasteiger partial charge in [0.15, 0.2) is 5.78 Å². The van der Waals surface area contributed by atoms with Crippen molar-refractivity contribution in [3.05, 3.63) is 53.0 Å². The maximum atomic E-state index is 12.8. The molecule has 1 saturated heterocycles. The smallest absolute Gasteiger partial charge is 0.408 e. The first-order chi connectivity index (χ1) is 13.5. The minimum absolute atomic E-state index is 0.0670. The highest BCUT2D eigenvalue weighted by atomic mass is 32.1. The van der Waals surface area contributed by atoms with Gasteiger partial charge < -0.3 is 15.4 Å². The number of ketones is 2. The fraction of sp³-hybridized carbons (Fsp3) is 0.316. The molecule has 1 aromatic heterocycles. The lowest BCUT2D eigenvalue weighted by Crippen LogP contribution is -2.44. The largest absolute Gasteiger partial charge is 0.445 e. The van der Waals surface area contributed by atoms with E-state index in [1.807, 2.05) is 30.3 Å². The van der Waals surface area contributed by atoms with Crippen LogP contribution in [0.3, 0.4) is 0 Å². The van der Waals surface area contributed by atoms with E-state index in [1.165, 1.54) is 6.20 Å². The van der Waals surface area contributed by atoms with E-state index >= 15 is 0 Å². The van der Waals surface area contributed by atoms with E-state index in [2.05, 4.69) is 15.0 Å². The van der Waals surface area contributed by atoms with Crippen molar-refractivity contribution in [3.63, 3.8) is 0 Å². The summed E-state index contributed by atoms with van der Waals surface area (Å²) in [6, 6.07) is 9.80. The molecule has 2 unspecified atom stereocenters. The minimum Gasteiger partial charge on any atom is -0.445 e. The standard InChI is InChI=1S/C19H19N3O5S/c23-14(10-13-6-8-20-18(25)17(13)24)16(15-7-9-21-28-15)22-19(26)27-11-12-4-2-1-3-5-12/h1-5,7,9,13,16H,6,8,10-11H2,(H,20,25)(H,22,26). The molecule has 0 aliphatic carbocycles. The topological polar surface area (TPSA) is 114 Å². The zero-order valence-corrected chi connectivity index (χ0v) is 15.7. The van der Waals surface area contributed by atoms with Gasteiger partial charge in [-0.05, 0) is 29.6 Å². The van der Waals surface area contributed by atoms with Crippen LogP contribution in [0.4, 0.5) is 4.79 Å². The Morgan fingerprint density at radius 1 is 1.25 bits per heavy atom. The number of Topliss-reactive ketones (excluding diaryl/α,β-unsaturated/α-hetero) is 2. The molecule has 9 heteroatoms. The Balaban J connectivity index is 1.64. The summed E-state index contributed by atoms with van der Waals surface area (Å²) in [5.41, 5.74) is 0.817. The molecular weight excluding hydrogens is 382 g/mol. The molecule has 8 nitrogen and oxygen atoms in total. The molecule has 0 saturated carbocycles. The fourth-order valence-corrected chi connectivity index (χ4v) is 3.55. The van der Waals surface area contributed by atoms with Crippen LogP contribution in [-0.4, -0.2) is 34.5 Å². The Hall–Kier alpha value is -3.07. The normalized spacial score (nSPS) is 17.5. The van der Waals surface area contributed by atoms with Gasteiger partial charge in [0, 0.05) is 25.1 Å². The molecule has 146 valence electrons. The zero-order valence-electron chi connectivity index (χ0n) is 14.9. The molecule has 2 N–H and O–H groups in total. The summed E-state index contributed by atoms with van der Waals surface area (Å²) >= 11 is 1.07. The minimum atomic E-state index is -0.978. The summed E-state index contributed by atoms with van der Waals surface area (Å²) in [7, 11) is 0. The Morgan fingerprint density at radius 3 is 2.75 bits per heavy atom. The first kappa shape index (κ1) is 19.7. The first-order valence-electron chi connectivity index (χ1n) is 8.77. The lowest BCUT2D eigenvalue weighted by atomic mass is 9.89. The van der Waals surface area contributed by atoms with Crippen LogP contribution < -0.4 is 10.6 Å². The summed E-state index contributed by atoms with van der Waals surface area (Å²) in [5.74, 6) is -2.32. The Labute approximate surface area is 165 Å². The van der Waals surface area contributed by atoms with Crippen LogP contribution in [0.15, 0.2) is 42.6 Å². The maximum Gasteiger partial charge on any atom is 0.408 e. The third-order valence-corrected chi connectivity index (χ3v) is 5.17. The Bertz CT molecular complexity index is 854. The summed E-state index contributed by atoms with van der Waals surface area (Å²) in [6.07, 6.45) is 1.04. The van der Waals surface area contributed by atoms with Gasteiger partial charge in [0.25, 0.3) is 5.91 Å². The molecule has 2 atom stereocenters. The lowest BCUT2D eigenvalue weighted by Gasteiger charge is -2.22. The van der Waals surface area contributed by atoms with Gasteiger partial charge in [0.05, 0.1) is 4.88 Å². The highest BCUT2D eigenvalue weighted by Gasteiger charge is 2.34. The molecule has 2 amide bonds. The molecule has 1 fully saturated rings. The molecule has 3 rings (SSSR count). The average Bonchev–Trinajstić information content (AvgIpc) is 3.23. The number of nitrogens with zero attached hydrogens (tertiary/aromatic N) is 1. The zero-order chi connectivity index (χ0) is 19.9. The van der Waals surface area contributed by atoms with Crippen molar-refractivity contribution in [1.82, 2.24) is 15.0 Å². The third kappa shape index (κ3) is 5.01. The van der Waals surface area contributed by atoms with E-state index in [0.29, 0.717) is 17.8 Å². The highest BCUT2D eigenvalue weighted by Crippen LogP contribution is 2.23. The van der Waals surface area contributed by atoms with Crippen molar-refractivity contribution in [2.75, 3.05) is 6.54 Å². The lowest BCUT2D eigenvalue weighted by molar-refractivity contribution is -0.143. The number of aromatic nitrogens is 1. The molecule has 1 aromatic carbocycles. The number of nitrogens with one attached hydrogen (secondary N) is 2. The van der Waals surface area contributed by atoms with Crippen molar-refractivity contribution < 1.29 is 23.9 Å². The van der Waals surface area contributed by atoms with Crippen LogP contribution in [0, 0.1) is 5.92 Å². The first-order valence-corrected chi connectivity index (χ1v) is 9.54. The second-order valence-corrected chi connectivity index (χ2v) is 7.19. The number of amides is 2. The number of benzene rings is 1. The Kier molecular flexibility index (Phi) is 6.49. The average molecular weight is 401 g/mol. The van der Waals surface area contributed by atoms with Crippen LogP contribution in [0.25, 0.3) is 0 Å². The monoisotopic (exact) mass is 401 g/mol. The van der Waals surface area contributed by atoms with Gasteiger partial charge in [-0.3, -0.25) is 14.4 Å². The second kappa shape index (κ2) is 9.23. The van der Waals surface area contributed by atoms with Crippen molar-refractivity contribution in [3.8, 4) is 0 Å². The van der Waals surface area contributed by atoms with Gasteiger partial charge in [-0.15, -0.1) is 0 Å². The van der Waals surface area contributed by atoms with Crippen molar-refractivity contribution in [1.29, 1.82) is 0 Å². The summed E-state index contributed by atoms with van der Waals surface area (Å²) in [6.45, 7) is 0.415. The predicted octanol–water partition coefficient (Wildman–Crippen LogP) is 1.77. The fourth-order valence-electron chi connectivity index (χ4n) is 2.89. The van der Waals surface area contributed by atoms with E-state index in [4.69, 9.17) is 4.74 Å². The van der Waals surface area contributed by atoms with Crippen molar-refractivity contribution >= 4 is 35.1 Å². The maximum absolute atomic E-state index is 12.8. The van der Waals surface area contributed by atoms with Crippen LogP contribution in [0.2, 0.25) is 0 Å². The van der Waals surface area contributed by atoms with Crippen molar-refractivity contribution in [2.45, 2.75) is 25.5 Å². The molecule has 2 heterocycles. The van der Waals surface area contributed by atoms with Crippen LogP contribution >= 0.6 is 11.5 Å². The van der Waals surface area contributed by atoms with Gasteiger partial charge in [-0.25, -0.2) is 9.17 Å². The summed E-state index contributed by atoms with van der Waals surface area (Å²) < 4.78 is 9.15. The Morgan fingerprint density at radius 2 is 2.04 bits per heavy atom. The number of ether oxygens (including phenoxy) is 1. The van der Waals surface area contributed by atoms with Crippen molar-refractivity contribution in [2.24, 2.45) is 5.92 Å². The molecule has 0 bridgehead atoms. The second-order valence-electron chi connectivity index (χ2n) is 6.33. The van der Waals surface area contributed by atoms with E-state index in [9.17, 15) is 19.2 Å². The number of hydrogen-bond donors (Lipinski definition) is 2. The van der Waals surface area contributed by atoms with Crippen LogP contribution in [-0.2, 0) is 25.7 Å². The summed E-state index contributed by atoms with van der Waals surface area (Å²) in [4.78, 5) is 49.0. The third-order valence-electron chi connectivity index (χ3n) is 4.36. The van der Waals surface area contributed by atoms with E-state index in [1.54, 1.807) is 6.07 Å². The number of rotatable bonds is 7. The number of hydrogen-bond acceptors (Lipinski definition) is 7. The SMILES string of the molecule is O=C(NC(C(=O)CC1CCNC(=O)C1=O)c1ccns1)OCc1ccccc1. The van der Waals surface area contributed by atoms with Gasteiger partial charge in [0.1, 0.15) is 12.6 Å². The molecule has 0 spiro atoms. The molecular formula is C19H19N3O5S. The number of carbonyl (C=O) groups excluding carboxylic acids is 4. The highest BCUT2D eigenvalue weighted by molar-refractivity contribution is 7.05. The van der Waals surface area contributed by atoms with Crippen LogP contribution in [0.5, 0.6) is 0 Å². The quantitative estimate of drug-likeness (QED) is 0.684. The van der Waals surface area contributed by atoms with E-state index in [0.717, 1.165) is 17.1 Å². The molecule has 1 aliphatic heterocycles. The van der Waals surface area contributed by atoms with Crippen LogP contribution in [0.1, 0.15) is 29.3 Å². The van der Waals surface area contributed by atoms with E-state index in [-0.39, 0.29) is 18.8 Å². The number of carbonyl (C=O) groups is 4.